The van der Waals surface area contributed by atoms with Crippen LogP contribution in [0.5, 0.6) is 5.75 Å². The molecule has 5 heteroatoms. The molecule has 2 aromatic rings. The van der Waals surface area contributed by atoms with Crippen molar-refractivity contribution < 1.29 is 9.90 Å². The van der Waals surface area contributed by atoms with Crippen molar-refractivity contribution in [1.29, 1.82) is 0 Å². The highest BCUT2D eigenvalue weighted by molar-refractivity contribution is 8.18. The van der Waals surface area contributed by atoms with E-state index >= 15 is 0 Å². The molecule has 1 fully saturated rings. The predicted octanol–water partition coefficient (Wildman–Crippen LogP) is 5.88. The van der Waals surface area contributed by atoms with Crippen molar-refractivity contribution in [3.05, 3.63) is 64.1 Å². The molecule has 2 aromatic carbocycles. The molecule has 1 aliphatic rings. The molecule has 4 nitrogen and oxygen atoms in total. The molecule has 0 radical (unpaired) electrons. The van der Waals surface area contributed by atoms with Crippen LogP contribution in [-0.4, -0.2) is 16.2 Å². The monoisotopic (exact) mass is 408 g/mol. The van der Waals surface area contributed by atoms with Gasteiger partial charge in [0.1, 0.15) is 5.75 Å². The molecular formula is C24H28N2O2S. The molecule has 1 saturated heterocycles. The molecule has 1 amide bonds. The van der Waals surface area contributed by atoms with Crippen LogP contribution in [-0.2, 0) is 15.6 Å². The van der Waals surface area contributed by atoms with Gasteiger partial charge in [-0.25, -0.2) is 4.99 Å². The third kappa shape index (κ3) is 4.91. The summed E-state index contributed by atoms with van der Waals surface area (Å²) < 4.78 is 0. The molecule has 1 aliphatic heterocycles. The summed E-state index contributed by atoms with van der Waals surface area (Å²) in [6.45, 7) is 12.5. The quantitative estimate of drug-likeness (QED) is 0.610. The fourth-order valence-corrected chi connectivity index (χ4v) is 3.98. The fraction of sp³-hybridized carbons (Fsp3) is 0.333. The van der Waals surface area contributed by atoms with Crippen LogP contribution in [0.4, 0.5) is 5.69 Å². The van der Waals surface area contributed by atoms with Gasteiger partial charge in [0, 0.05) is 11.1 Å². The summed E-state index contributed by atoms with van der Waals surface area (Å²) in [6.07, 6.45) is 1.87. The van der Waals surface area contributed by atoms with E-state index in [0.29, 0.717) is 15.8 Å². The number of benzene rings is 2. The van der Waals surface area contributed by atoms with Crippen LogP contribution in [0.3, 0.4) is 0 Å². The van der Waals surface area contributed by atoms with Crippen molar-refractivity contribution in [1.82, 2.24) is 5.32 Å². The average molecular weight is 409 g/mol. The maximum absolute atomic E-state index is 12.5. The van der Waals surface area contributed by atoms with Crippen molar-refractivity contribution in [3.63, 3.8) is 0 Å². The standard InChI is InChI=1S/C24H28N2O2S/c1-23(2,3)17-12-15(13-18(20(17)27)24(4,5)6)14-19-21(28)26-22(29-19)25-16-10-8-7-9-11-16/h7-14,27H,1-6H3,(H,25,26,28)/b19-14-. The first-order valence-electron chi connectivity index (χ1n) is 9.68. The van der Waals surface area contributed by atoms with Crippen molar-refractivity contribution in [3.8, 4) is 5.75 Å². The number of nitrogens with zero attached hydrogens (tertiary/aromatic N) is 1. The summed E-state index contributed by atoms with van der Waals surface area (Å²) in [5.41, 5.74) is 3.01. The molecule has 0 saturated carbocycles. The maximum Gasteiger partial charge on any atom is 0.264 e. The van der Waals surface area contributed by atoms with Gasteiger partial charge in [0.05, 0.1) is 10.6 Å². The Morgan fingerprint density at radius 1 is 0.966 bits per heavy atom. The van der Waals surface area contributed by atoms with Gasteiger partial charge in [0.25, 0.3) is 5.91 Å². The fourth-order valence-electron chi connectivity index (χ4n) is 3.14. The van der Waals surface area contributed by atoms with Gasteiger partial charge in [-0.2, -0.15) is 0 Å². The van der Waals surface area contributed by atoms with E-state index in [4.69, 9.17) is 0 Å². The van der Waals surface area contributed by atoms with E-state index in [2.05, 4.69) is 51.9 Å². The minimum absolute atomic E-state index is 0.160. The molecule has 3 rings (SSSR count). The van der Waals surface area contributed by atoms with Gasteiger partial charge in [0.15, 0.2) is 5.17 Å². The van der Waals surface area contributed by atoms with Crippen LogP contribution in [0.1, 0.15) is 58.2 Å². The Kier molecular flexibility index (Phi) is 5.63. The largest absolute Gasteiger partial charge is 0.507 e. The maximum atomic E-state index is 12.5. The molecule has 0 atom stereocenters. The number of hydrogen-bond donors (Lipinski definition) is 2. The number of aromatic hydroxyl groups is 1. The van der Waals surface area contributed by atoms with Crippen molar-refractivity contribution >= 4 is 34.6 Å². The van der Waals surface area contributed by atoms with E-state index in [1.165, 1.54) is 11.8 Å². The Balaban J connectivity index is 2.02. The normalized spacial score (nSPS) is 17.8. The van der Waals surface area contributed by atoms with Gasteiger partial charge in [-0.15, -0.1) is 0 Å². The summed E-state index contributed by atoms with van der Waals surface area (Å²) in [6, 6.07) is 13.5. The number of aliphatic imine (C=N–C) groups is 1. The van der Waals surface area contributed by atoms with Gasteiger partial charge >= 0.3 is 0 Å². The lowest BCUT2D eigenvalue weighted by Gasteiger charge is -2.28. The molecule has 29 heavy (non-hydrogen) atoms. The number of para-hydroxylation sites is 1. The van der Waals surface area contributed by atoms with Crippen LogP contribution >= 0.6 is 11.8 Å². The number of hydrogen-bond acceptors (Lipinski definition) is 4. The zero-order valence-corrected chi connectivity index (χ0v) is 18.6. The Bertz CT molecular complexity index is 959. The van der Waals surface area contributed by atoms with Gasteiger partial charge < -0.3 is 10.4 Å². The Morgan fingerprint density at radius 3 is 2.03 bits per heavy atom. The first-order valence-corrected chi connectivity index (χ1v) is 10.5. The highest BCUT2D eigenvalue weighted by atomic mass is 32.2. The van der Waals surface area contributed by atoms with Gasteiger partial charge in [-0.1, -0.05) is 59.7 Å². The number of nitrogens with one attached hydrogen (secondary N) is 1. The number of carbonyl (C=O) groups is 1. The summed E-state index contributed by atoms with van der Waals surface area (Å²) >= 11 is 1.33. The van der Waals surface area contributed by atoms with Crippen LogP contribution in [0.2, 0.25) is 0 Å². The number of rotatable bonds is 2. The van der Waals surface area contributed by atoms with E-state index in [9.17, 15) is 9.90 Å². The smallest absolute Gasteiger partial charge is 0.264 e. The highest BCUT2D eigenvalue weighted by Crippen LogP contribution is 2.40. The molecule has 2 N–H and O–H groups in total. The second-order valence-corrected chi connectivity index (χ2v) is 10.3. The lowest BCUT2D eigenvalue weighted by atomic mass is 9.78. The zero-order valence-electron chi connectivity index (χ0n) is 17.8. The SMILES string of the molecule is CC(C)(C)c1cc(/C=C2\SC(=Nc3ccccc3)NC2=O)cc(C(C)(C)C)c1O. The molecule has 1 heterocycles. The van der Waals surface area contributed by atoms with E-state index < -0.39 is 0 Å². The predicted molar refractivity (Wildman–Crippen MR) is 123 cm³/mol. The topological polar surface area (TPSA) is 61.7 Å². The number of amides is 1. The Hall–Kier alpha value is -2.53. The Labute approximate surface area is 177 Å². The van der Waals surface area contributed by atoms with Gasteiger partial charge in [-0.05, 0) is 58.5 Å². The second kappa shape index (κ2) is 7.71. The highest BCUT2D eigenvalue weighted by Gasteiger charge is 2.28. The van der Waals surface area contributed by atoms with Gasteiger partial charge in [-0.3, -0.25) is 4.79 Å². The molecule has 152 valence electrons. The molecule has 0 spiro atoms. The lowest BCUT2D eigenvalue weighted by molar-refractivity contribution is -0.115. The molecule has 0 unspecified atom stereocenters. The number of phenols is 1. The number of thioether (sulfide) groups is 1. The average Bonchev–Trinajstić information content (AvgIpc) is 2.94. The van der Waals surface area contributed by atoms with E-state index in [1.54, 1.807) is 0 Å². The van der Waals surface area contributed by atoms with Crippen LogP contribution in [0.15, 0.2) is 52.4 Å². The Morgan fingerprint density at radius 2 is 1.52 bits per heavy atom. The number of amidine groups is 1. The summed E-state index contributed by atoms with van der Waals surface area (Å²) in [4.78, 5) is 17.6. The minimum atomic E-state index is -0.219. The first-order chi connectivity index (χ1) is 13.4. The first kappa shape index (κ1) is 21.2. The van der Waals surface area contributed by atoms with Crippen molar-refractivity contribution in [2.75, 3.05) is 0 Å². The second-order valence-electron chi connectivity index (χ2n) is 9.28. The molecule has 0 aliphatic carbocycles. The molecule has 0 bridgehead atoms. The van der Waals surface area contributed by atoms with Crippen LogP contribution in [0, 0.1) is 0 Å². The zero-order chi connectivity index (χ0) is 21.4. The van der Waals surface area contributed by atoms with E-state index in [-0.39, 0.29) is 16.7 Å². The van der Waals surface area contributed by atoms with Crippen LogP contribution < -0.4 is 5.32 Å². The summed E-state index contributed by atoms with van der Waals surface area (Å²) in [5, 5.41) is 14.3. The minimum Gasteiger partial charge on any atom is -0.507 e. The summed E-state index contributed by atoms with van der Waals surface area (Å²) in [7, 11) is 0. The number of phenolic OH excluding ortho intramolecular Hbond substituents is 1. The van der Waals surface area contributed by atoms with E-state index in [1.807, 2.05) is 48.5 Å². The van der Waals surface area contributed by atoms with Crippen molar-refractivity contribution in [2.24, 2.45) is 4.99 Å². The number of carbonyl (C=O) groups excluding carboxylic acids is 1. The third-order valence-corrected chi connectivity index (χ3v) is 5.59. The lowest BCUT2D eigenvalue weighted by Crippen LogP contribution is -2.19. The van der Waals surface area contributed by atoms with Crippen molar-refractivity contribution in [2.45, 2.75) is 52.4 Å². The van der Waals surface area contributed by atoms with Gasteiger partial charge in [0.2, 0.25) is 0 Å². The van der Waals surface area contributed by atoms with E-state index in [0.717, 1.165) is 22.4 Å². The summed E-state index contributed by atoms with van der Waals surface area (Å²) in [5.74, 6) is 0.175. The molecule has 0 aromatic heterocycles. The van der Waals surface area contributed by atoms with Crippen LogP contribution in [0.25, 0.3) is 6.08 Å². The third-order valence-electron chi connectivity index (χ3n) is 4.68. The molecular weight excluding hydrogens is 380 g/mol.